The van der Waals surface area contributed by atoms with Crippen LogP contribution in [0.3, 0.4) is 0 Å². The molecule has 0 unspecified atom stereocenters. The van der Waals surface area contributed by atoms with Crippen molar-refractivity contribution in [2.45, 2.75) is 27.0 Å². The lowest BCUT2D eigenvalue weighted by molar-refractivity contribution is 0.128. The van der Waals surface area contributed by atoms with E-state index in [-0.39, 0.29) is 0 Å². The number of anilines is 2. The molecule has 0 aliphatic heterocycles. The number of nitrogens with one attached hydrogen (secondary N) is 2. The number of ether oxygens (including phenoxy) is 1. The second-order valence-electron chi connectivity index (χ2n) is 4.12. The molecule has 2 heterocycles. The number of nitrogen functional groups attached to an aromatic ring is 1. The van der Waals surface area contributed by atoms with Crippen molar-refractivity contribution in [1.82, 2.24) is 15.1 Å². The molecule has 2 aromatic rings. The molecule has 0 atom stereocenters. The van der Waals surface area contributed by atoms with Gasteiger partial charge in [-0.15, -0.1) is 0 Å². The maximum Gasteiger partial charge on any atom is 0.158 e. The molecule has 0 aliphatic carbocycles. The third kappa shape index (κ3) is 3.90. The molecule has 2 aromatic heterocycles. The summed E-state index contributed by atoms with van der Waals surface area (Å²) in [6.07, 6.45) is 0. The third-order valence-corrected chi connectivity index (χ3v) is 2.48. The van der Waals surface area contributed by atoms with Crippen LogP contribution in [0.15, 0.2) is 16.7 Å². The average molecular weight is 278 g/mol. The Hall–Kier alpha value is -2.19. The van der Waals surface area contributed by atoms with Gasteiger partial charge in [0.1, 0.15) is 18.2 Å². The first-order valence-corrected chi connectivity index (χ1v) is 6.29. The Morgan fingerprint density at radius 2 is 2.10 bits per heavy atom. The van der Waals surface area contributed by atoms with Crippen LogP contribution in [0.5, 0.6) is 0 Å². The van der Waals surface area contributed by atoms with Crippen molar-refractivity contribution in [2.24, 2.45) is 5.84 Å². The SMILES string of the molecule is CCOCc1nc(NN)cc(NCc2cc(C)no2)n1. The molecule has 108 valence electrons. The fourth-order valence-corrected chi connectivity index (χ4v) is 1.60. The Bertz CT molecular complexity index is 557. The third-order valence-electron chi connectivity index (χ3n) is 2.48. The van der Waals surface area contributed by atoms with Crippen LogP contribution in [-0.2, 0) is 17.9 Å². The summed E-state index contributed by atoms with van der Waals surface area (Å²) in [5.41, 5.74) is 3.34. The lowest BCUT2D eigenvalue weighted by atomic mass is 10.4. The summed E-state index contributed by atoms with van der Waals surface area (Å²) in [6.45, 7) is 5.20. The van der Waals surface area contributed by atoms with Gasteiger partial charge in [0.2, 0.25) is 0 Å². The van der Waals surface area contributed by atoms with Crippen LogP contribution in [0.4, 0.5) is 11.6 Å². The Morgan fingerprint density at radius 3 is 2.75 bits per heavy atom. The number of nitrogens with two attached hydrogens (primary N) is 1. The fraction of sp³-hybridized carbons (Fsp3) is 0.417. The lowest BCUT2D eigenvalue weighted by Crippen LogP contribution is -2.12. The Balaban J connectivity index is 2.05. The first-order chi connectivity index (χ1) is 9.71. The standard InChI is InChI=1S/C12H18N6O2/c1-3-19-7-12-15-10(5-11(16-12)17-13)14-6-9-4-8(2)18-20-9/h4-5H,3,6-7,13H2,1-2H3,(H2,14,15,16,17). The highest BCUT2D eigenvalue weighted by atomic mass is 16.5. The molecule has 0 amide bonds. The van der Waals surface area contributed by atoms with E-state index in [0.29, 0.717) is 37.2 Å². The smallest absolute Gasteiger partial charge is 0.158 e. The zero-order valence-corrected chi connectivity index (χ0v) is 11.5. The molecule has 8 heteroatoms. The maximum atomic E-state index is 5.39. The van der Waals surface area contributed by atoms with Crippen molar-refractivity contribution >= 4 is 11.6 Å². The van der Waals surface area contributed by atoms with Gasteiger partial charge in [0.25, 0.3) is 0 Å². The van der Waals surface area contributed by atoms with Crippen LogP contribution in [0.2, 0.25) is 0 Å². The van der Waals surface area contributed by atoms with Gasteiger partial charge in [-0.3, -0.25) is 0 Å². The maximum absolute atomic E-state index is 5.39. The molecule has 2 rings (SSSR count). The molecule has 0 saturated carbocycles. The average Bonchev–Trinajstić information content (AvgIpc) is 2.88. The van der Waals surface area contributed by atoms with E-state index in [1.165, 1.54) is 0 Å². The zero-order chi connectivity index (χ0) is 14.4. The summed E-state index contributed by atoms with van der Waals surface area (Å²) in [4.78, 5) is 8.54. The molecule has 0 bridgehead atoms. The Labute approximate surface area is 116 Å². The van der Waals surface area contributed by atoms with Gasteiger partial charge in [-0.1, -0.05) is 5.16 Å². The molecule has 8 nitrogen and oxygen atoms in total. The highest BCUT2D eigenvalue weighted by Crippen LogP contribution is 2.13. The van der Waals surface area contributed by atoms with E-state index >= 15 is 0 Å². The van der Waals surface area contributed by atoms with Crippen molar-refractivity contribution in [3.63, 3.8) is 0 Å². The predicted octanol–water partition coefficient (Wildman–Crippen LogP) is 1.21. The Morgan fingerprint density at radius 1 is 1.30 bits per heavy atom. The minimum Gasteiger partial charge on any atom is -0.374 e. The van der Waals surface area contributed by atoms with E-state index in [9.17, 15) is 0 Å². The van der Waals surface area contributed by atoms with Crippen LogP contribution >= 0.6 is 0 Å². The number of hydrogen-bond acceptors (Lipinski definition) is 8. The quantitative estimate of drug-likeness (QED) is 0.512. The van der Waals surface area contributed by atoms with E-state index in [4.69, 9.17) is 15.1 Å². The topological polar surface area (TPSA) is 111 Å². The molecule has 0 saturated heterocycles. The fourth-order valence-electron chi connectivity index (χ4n) is 1.60. The van der Waals surface area contributed by atoms with E-state index in [1.807, 2.05) is 19.9 Å². The summed E-state index contributed by atoms with van der Waals surface area (Å²) in [5.74, 6) is 7.83. The highest BCUT2D eigenvalue weighted by molar-refractivity contribution is 5.46. The van der Waals surface area contributed by atoms with E-state index in [1.54, 1.807) is 6.07 Å². The number of nitrogens with zero attached hydrogens (tertiary/aromatic N) is 3. The van der Waals surface area contributed by atoms with Crippen LogP contribution in [0, 0.1) is 6.92 Å². The van der Waals surface area contributed by atoms with Crippen molar-refractivity contribution < 1.29 is 9.26 Å². The first kappa shape index (κ1) is 14.2. The lowest BCUT2D eigenvalue weighted by Gasteiger charge is -2.08. The number of aryl methyl sites for hydroxylation is 1. The van der Waals surface area contributed by atoms with Gasteiger partial charge in [-0.25, -0.2) is 15.8 Å². The van der Waals surface area contributed by atoms with Crippen molar-refractivity contribution in [3.8, 4) is 0 Å². The van der Waals surface area contributed by atoms with Crippen molar-refractivity contribution in [2.75, 3.05) is 17.3 Å². The van der Waals surface area contributed by atoms with E-state index in [0.717, 1.165) is 11.5 Å². The number of rotatable bonds is 7. The van der Waals surface area contributed by atoms with Gasteiger partial charge >= 0.3 is 0 Å². The van der Waals surface area contributed by atoms with Gasteiger partial charge in [0.05, 0.1) is 12.2 Å². The van der Waals surface area contributed by atoms with E-state index in [2.05, 4.69) is 25.9 Å². The first-order valence-electron chi connectivity index (χ1n) is 6.29. The molecule has 0 aliphatic rings. The largest absolute Gasteiger partial charge is 0.374 e. The van der Waals surface area contributed by atoms with Crippen LogP contribution in [0.25, 0.3) is 0 Å². The van der Waals surface area contributed by atoms with Gasteiger partial charge < -0.3 is 20.0 Å². The zero-order valence-electron chi connectivity index (χ0n) is 11.5. The molecular weight excluding hydrogens is 260 g/mol. The highest BCUT2D eigenvalue weighted by Gasteiger charge is 2.06. The van der Waals surface area contributed by atoms with Crippen LogP contribution in [0.1, 0.15) is 24.2 Å². The minimum absolute atomic E-state index is 0.335. The van der Waals surface area contributed by atoms with Gasteiger partial charge in [0, 0.05) is 18.7 Å². The van der Waals surface area contributed by atoms with Crippen LogP contribution in [-0.4, -0.2) is 21.7 Å². The predicted molar refractivity (Wildman–Crippen MR) is 73.7 cm³/mol. The van der Waals surface area contributed by atoms with Gasteiger partial charge in [-0.2, -0.15) is 0 Å². The summed E-state index contributed by atoms with van der Waals surface area (Å²) in [5, 5.41) is 6.95. The minimum atomic E-state index is 0.335. The van der Waals surface area contributed by atoms with Crippen molar-refractivity contribution in [3.05, 3.63) is 29.4 Å². The molecule has 20 heavy (non-hydrogen) atoms. The summed E-state index contributed by atoms with van der Waals surface area (Å²) < 4.78 is 10.4. The normalized spacial score (nSPS) is 10.6. The molecule has 0 radical (unpaired) electrons. The monoisotopic (exact) mass is 278 g/mol. The summed E-state index contributed by atoms with van der Waals surface area (Å²) in [7, 11) is 0. The molecule has 0 aromatic carbocycles. The van der Waals surface area contributed by atoms with E-state index < -0.39 is 0 Å². The number of hydrogen-bond donors (Lipinski definition) is 3. The second kappa shape index (κ2) is 6.83. The van der Waals surface area contributed by atoms with Crippen LogP contribution < -0.4 is 16.6 Å². The molecular formula is C12H18N6O2. The Kier molecular flexibility index (Phi) is 4.85. The summed E-state index contributed by atoms with van der Waals surface area (Å²) in [6, 6.07) is 3.57. The number of hydrazine groups is 1. The van der Waals surface area contributed by atoms with Crippen molar-refractivity contribution in [1.29, 1.82) is 0 Å². The van der Waals surface area contributed by atoms with Gasteiger partial charge in [-0.05, 0) is 13.8 Å². The summed E-state index contributed by atoms with van der Waals surface area (Å²) >= 11 is 0. The molecule has 0 fully saturated rings. The number of aromatic nitrogens is 3. The molecule has 0 spiro atoms. The molecule has 4 N–H and O–H groups in total. The van der Waals surface area contributed by atoms with Gasteiger partial charge in [0.15, 0.2) is 11.6 Å². The second-order valence-corrected chi connectivity index (χ2v) is 4.12.